The van der Waals surface area contributed by atoms with Gasteiger partial charge in [-0.25, -0.2) is 0 Å². The topological polar surface area (TPSA) is 79.6 Å². The molecular formula is C16H16N4O2S. The summed E-state index contributed by atoms with van der Waals surface area (Å²) in [5.74, 6) is 0. The van der Waals surface area contributed by atoms with Crippen LogP contribution in [0.1, 0.15) is 24.1 Å². The first kappa shape index (κ1) is 16.6. The molecule has 0 aromatic heterocycles. The van der Waals surface area contributed by atoms with Gasteiger partial charge in [-0.2, -0.15) is 5.10 Å². The highest BCUT2D eigenvalue weighted by Crippen LogP contribution is 2.11. The summed E-state index contributed by atoms with van der Waals surface area (Å²) in [5, 5.41) is 18.1. The van der Waals surface area contributed by atoms with E-state index in [4.69, 9.17) is 12.2 Å². The molecule has 2 aromatic carbocycles. The Hall–Kier alpha value is -2.80. The van der Waals surface area contributed by atoms with E-state index >= 15 is 0 Å². The summed E-state index contributed by atoms with van der Waals surface area (Å²) in [7, 11) is 0. The number of hydrogen-bond donors (Lipinski definition) is 2. The number of nitrogens with zero attached hydrogens (tertiary/aromatic N) is 2. The molecular weight excluding hydrogens is 312 g/mol. The summed E-state index contributed by atoms with van der Waals surface area (Å²) in [6.07, 6.45) is 1.55. The van der Waals surface area contributed by atoms with Crippen LogP contribution in [0.25, 0.3) is 0 Å². The lowest BCUT2D eigenvalue weighted by molar-refractivity contribution is -0.384. The van der Waals surface area contributed by atoms with Crippen LogP contribution in [-0.2, 0) is 0 Å². The smallest absolute Gasteiger partial charge is 0.269 e. The first-order valence-electron chi connectivity index (χ1n) is 6.95. The second-order valence-electron chi connectivity index (χ2n) is 4.82. The predicted octanol–water partition coefficient (Wildman–Crippen LogP) is 3.15. The number of nitro benzene ring substituents is 1. The zero-order valence-corrected chi connectivity index (χ0v) is 13.3. The van der Waals surface area contributed by atoms with E-state index in [1.807, 2.05) is 37.3 Å². The Labute approximate surface area is 139 Å². The van der Waals surface area contributed by atoms with Gasteiger partial charge in [-0.05, 0) is 42.4 Å². The van der Waals surface area contributed by atoms with E-state index in [-0.39, 0.29) is 11.7 Å². The van der Waals surface area contributed by atoms with Crippen LogP contribution in [0.3, 0.4) is 0 Å². The molecule has 0 aliphatic carbocycles. The maximum absolute atomic E-state index is 10.6. The van der Waals surface area contributed by atoms with E-state index in [9.17, 15) is 10.1 Å². The molecule has 0 unspecified atom stereocenters. The number of thiocarbonyl (C=S) groups is 1. The Morgan fingerprint density at radius 3 is 2.48 bits per heavy atom. The molecule has 0 bridgehead atoms. The number of nitrogens with one attached hydrogen (secondary N) is 2. The molecule has 0 heterocycles. The lowest BCUT2D eigenvalue weighted by Gasteiger charge is -2.15. The fraction of sp³-hybridized carbons (Fsp3) is 0.125. The normalized spacial score (nSPS) is 11.9. The molecule has 7 heteroatoms. The maximum Gasteiger partial charge on any atom is 0.269 e. The van der Waals surface area contributed by atoms with Crippen molar-refractivity contribution in [2.45, 2.75) is 13.0 Å². The van der Waals surface area contributed by atoms with Crippen LogP contribution in [-0.4, -0.2) is 16.3 Å². The molecule has 118 valence electrons. The van der Waals surface area contributed by atoms with Gasteiger partial charge in [0.25, 0.3) is 5.69 Å². The van der Waals surface area contributed by atoms with E-state index in [0.717, 1.165) is 11.1 Å². The Kier molecular flexibility index (Phi) is 5.76. The van der Waals surface area contributed by atoms with Crippen molar-refractivity contribution in [3.63, 3.8) is 0 Å². The minimum Gasteiger partial charge on any atom is -0.355 e. The Morgan fingerprint density at radius 2 is 1.87 bits per heavy atom. The van der Waals surface area contributed by atoms with Gasteiger partial charge in [-0.15, -0.1) is 0 Å². The van der Waals surface area contributed by atoms with Crippen LogP contribution in [0.2, 0.25) is 0 Å². The number of nitro groups is 1. The third-order valence-electron chi connectivity index (χ3n) is 3.13. The van der Waals surface area contributed by atoms with Crippen molar-refractivity contribution in [1.29, 1.82) is 0 Å². The van der Waals surface area contributed by atoms with E-state index in [2.05, 4.69) is 15.8 Å². The van der Waals surface area contributed by atoms with Gasteiger partial charge in [0, 0.05) is 12.1 Å². The molecule has 0 saturated heterocycles. The average molecular weight is 328 g/mol. The molecule has 0 fully saturated rings. The SMILES string of the molecule is C[C@H](NC(=S)N/N=C/c1ccc([N+](=O)[O-])cc1)c1ccccc1. The summed E-state index contributed by atoms with van der Waals surface area (Å²) < 4.78 is 0. The van der Waals surface area contributed by atoms with Gasteiger partial charge < -0.3 is 5.32 Å². The van der Waals surface area contributed by atoms with Crippen molar-refractivity contribution in [2.75, 3.05) is 0 Å². The highest BCUT2D eigenvalue weighted by Gasteiger charge is 2.05. The van der Waals surface area contributed by atoms with Crippen molar-refractivity contribution in [3.05, 3.63) is 75.8 Å². The van der Waals surface area contributed by atoms with Crippen molar-refractivity contribution >= 4 is 29.2 Å². The van der Waals surface area contributed by atoms with Gasteiger partial charge >= 0.3 is 0 Å². The first-order valence-corrected chi connectivity index (χ1v) is 7.36. The number of hydrazone groups is 1. The van der Waals surface area contributed by atoms with Crippen molar-refractivity contribution < 1.29 is 4.92 Å². The molecule has 0 aliphatic heterocycles. The number of benzene rings is 2. The van der Waals surface area contributed by atoms with E-state index in [0.29, 0.717) is 5.11 Å². The van der Waals surface area contributed by atoms with Crippen LogP contribution < -0.4 is 10.7 Å². The maximum atomic E-state index is 10.6. The lowest BCUT2D eigenvalue weighted by atomic mass is 10.1. The molecule has 0 saturated carbocycles. The summed E-state index contributed by atoms with van der Waals surface area (Å²) in [5.41, 5.74) is 4.63. The molecule has 1 atom stereocenters. The van der Waals surface area contributed by atoms with Crippen molar-refractivity contribution in [1.82, 2.24) is 10.7 Å². The van der Waals surface area contributed by atoms with Gasteiger partial charge in [-0.1, -0.05) is 30.3 Å². The molecule has 2 N–H and O–H groups in total. The second kappa shape index (κ2) is 8.00. The Balaban J connectivity index is 1.85. The zero-order chi connectivity index (χ0) is 16.7. The third kappa shape index (κ3) is 5.15. The second-order valence-corrected chi connectivity index (χ2v) is 5.23. The predicted molar refractivity (Wildman–Crippen MR) is 94.4 cm³/mol. The first-order chi connectivity index (χ1) is 11.1. The molecule has 0 radical (unpaired) electrons. The van der Waals surface area contributed by atoms with Crippen molar-refractivity contribution in [3.8, 4) is 0 Å². The molecule has 0 amide bonds. The summed E-state index contributed by atoms with van der Waals surface area (Å²) in [6, 6.07) is 16.1. The monoisotopic (exact) mass is 328 g/mol. The molecule has 0 spiro atoms. The molecule has 23 heavy (non-hydrogen) atoms. The lowest BCUT2D eigenvalue weighted by Crippen LogP contribution is -2.34. The minimum absolute atomic E-state index is 0.0454. The van der Waals surface area contributed by atoms with E-state index in [1.54, 1.807) is 18.3 Å². The van der Waals surface area contributed by atoms with Crippen LogP contribution in [0.5, 0.6) is 0 Å². The van der Waals surface area contributed by atoms with Gasteiger partial charge in [-0.3, -0.25) is 15.5 Å². The summed E-state index contributed by atoms with van der Waals surface area (Å²) in [6.45, 7) is 2.00. The van der Waals surface area contributed by atoms with Gasteiger partial charge in [0.2, 0.25) is 0 Å². The molecule has 2 rings (SSSR count). The van der Waals surface area contributed by atoms with Gasteiger partial charge in [0.15, 0.2) is 5.11 Å². The minimum atomic E-state index is -0.441. The summed E-state index contributed by atoms with van der Waals surface area (Å²) >= 11 is 5.18. The largest absolute Gasteiger partial charge is 0.355 e. The highest BCUT2D eigenvalue weighted by atomic mass is 32.1. The van der Waals surface area contributed by atoms with Gasteiger partial charge in [0.05, 0.1) is 17.2 Å². The van der Waals surface area contributed by atoms with Crippen LogP contribution in [0.4, 0.5) is 5.69 Å². The quantitative estimate of drug-likeness (QED) is 0.381. The van der Waals surface area contributed by atoms with Crippen LogP contribution >= 0.6 is 12.2 Å². The average Bonchev–Trinajstić information content (AvgIpc) is 2.56. The number of hydrogen-bond acceptors (Lipinski definition) is 4. The van der Waals surface area contributed by atoms with Crippen molar-refractivity contribution in [2.24, 2.45) is 5.10 Å². The van der Waals surface area contributed by atoms with Crippen LogP contribution in [0, 0.1) is 10.1 Å². The Morgan fingerprint density at radius 1 is 1.22 bits per heavy atom. The number of rotatable bonds is 5. The van der Waals surface area contributed by atoms with E-state index < -0.39 is 4.92 Å². The Bertz CT molecular complexity index is 702. The zero-order valence-electron chi connectivity index (χ0n) is 12.5. The molecule has 0 aliphatic rings. The summed E-state index contributed by atoms with van der Waals surface area (Å²) in [4.78, 5) is 10.1. The third-order valence-corrected chi connectivity index (χ3v) is 3.34. The van der Waals surface area contributed by atoms with Crippen LogP contribution in [0.15, 0.2) is 59.7 Å². The fourth-order valence-corrected chi connectivity index (χ4v) is 2.13. The van der Waals surface area contributed by atoms with Gasteiger partial charge in [0.1, 0.15) is 0 Å². The molecule has 2 aromatic rings. The molecule has 6 nitrogen and oxygen atoms in total. The highest BCUT2D eigenvalue weighted by molar-refractivity contribution is 7.80. The fourth-order valence-electron chi connectivity index (χ4n) is 1.90. The standard InChI is InChI=1S/C16H16N4O2S/c1-12(14-5-3-2-4-6-14)18-16(23)19-17-11-13-7-9-15(10-8-13)20(21)22/h2-12H,1H3,(H2,18,19,23)/b17-11+/t12-/m0/s1. The van der Waals surface area contributed by atoms with E-state index in [1.165, 1.54) is 12.1 Å². The number of non-ortho nitro benzene ring substituents is 1.